The van der Waals surface area contributed by atoms with Crippen molar-refractivity contribution in [2.45, 2.75) is 63.2 Å². The van der Waals surface area contributed by atoms with Crippen LogP contribution in [0, 0.1) is 11.7 Å². The fourth-order valence-corrected chi connectivity index (χ4v) is 4.60. The lowest BCUT2D eigenvalue weighted by atomic mass is 9.85. The van der Waals surface area contributed by atoms with Crippen LogP contribution in [0.4, 0.5) is 23.5 Å². The molecule has 1 saturated carbocycles. The molecule has 2 aliphatic heterocycles. The van der Waals surface area contributed by atoms with E-state index in [1.807, 2.05) is 0 Å². The number of carboxylic acid groups (broad SMARTS) is 1. The zero-order chi connectivity index (χ0) is 23.4. The van der Waals surface area contributed by atoms with Crippen molar-refractivity contribution in [2.24, 2.45) is 5.92 Å². The Bertz CT molecular complexity index is 750. The molecule has 1 aromatic heterocycles. The Labute approximate surface area is 184 Å². The highest BCUT2D eigenvalue weighted by molar-refractivity contribution is 5.73. The summed E-state index contributed by atoms with van der Waals surface area (Å²) < 4.78 is 50.6. The van der Waals surface area contributed by atoms with Crippen molar-refractivity contribution in [3.05, 3.63) is 18.2 Å². The van der Waals surface area contributed by atoms with Gasteiger partial charge < -0.3 is 14.7 Å². The van der Waals surface area contributed by atoms with Crippen LogP contribution >= 0.6 is 0 Å². The van der Waals surface area contributed by atoms with Gasteiger partial charge in [0.05, 0.1) is 19.0 Å². The number of aliphatic carboxylic acids is 1. The fourth-order valence-electron chi connectivity index (χ4n) is 4.60. The molecule has 0 aromatic carbocycles. The van der Waals surface area contributed by atoms with Gasteiger partial charge in [0.2, 0.25) is 5.95 Å². The number of rotatable bonds is 6. The molecule has 1 unspecified atom stereocenters. The summed E-state index contributed by atoms with van der Waals surface area (Å²) in [5.41, 5.74) is 0.320. The van der Waals surface area contributed by atoms with Gasteiger partial charge in [0.25, 0.3) is 0 Å². The van der Waals surface area contributed by atoms with E-state index in [-0.39, 0.29) is 5.82 Å². The monoisotopic (exact) mass is 462 g/mol. The molecule has 1 spiro atoms. The zero-order valence-corrected chi connectivity index (χ0v) is 18.2. The maximum Gasteiger partial charge on any atom is 0.490 e. The number of carboxylic acids is 1. The second-order valence-corrected chi connectivity index (χ2v) is 8.66. The van der Waals surface area contributed by atoms with Gasteiger partial charge in [-0.25, -0.2) is 19.2 Å². The average Bonchev–Trinajstić information content (AvgIpc) is 3.52. The lowest BCUT2D eigenvalue weighted by molar-refractivity contribution is -0.192. The summed E-state index contributed by atoms with van der Waals surface area (Å²) in [6.07, 6.45) is 5.04. The third-order valence-corrected chi connectivity index (χ3v) is 6.49. The molecule has 0 amide bonds. The molecule has 4 rings (SSSR count). The molecule has 1 aromatic rings. The van der Waals surface area contributed by atoms with Crippen LogP contribution in [-0.2, 0) is 9.53 Å². The van der Waals surface area contributed by atoms with Gasteiger partial charge in [-0.1, -0.05) is 0 Å². The van der Waals surface area contributed by atoms with Gasteiger partial charge in [0, 0.05) is 37.8 Å². The van der Waals surface area contributed by atoms with E-state index in [1.54, 1.807) is 0 Å². The normalized spacial score (nSPS) is 23.2. The molecule has 11 heteroatoms. The first-order valence-corrected chi connectivity index (χ1v) is 11.0. The molecule has 7 nitrogen and oxygen atoms in total. The molecule has 180 valence electrons. The number of hydrogen-bond acceptors (Lipinski definition) is 6. The Morgan fingerprint density at radius 3 is 2.28 bits per heavy atom. The summed E-state index contributed by atoms with van der Waals surface area (Å²) in [6.45, 7) is 6.90. The lowest BCUT2D eigenvalue weighted by Crippen LogP contribution is -2.55. The first-order valence-electron chi connectivity index (χ1n) is 11.0. The smallest absolute Gasteiger partial charge is 0.475 e. The summed E-state index contributed by atoms with van der Waals surface area (Å²) in [7, 11) is 0. The number of hydrogen-bond donors (Lipinski definition) is 1. The number of aromatic nitrogens is 2. The standard InChI is InChI=1S/C19H29FN4O.C2HF3O2/c1-2-25-14-17-5-6-19(24(17)13-15-3-4-15)7-9-23(10-8-19)18-21-11-16(20)12-22-18;3-2(4,5)1(6)7/h11-12,15,17H,2-10,13-14H2,1H3;(H,6,7). The highest BCUT2D eigenvalue weighted by Gasteiger charge is 2.49. The minimum atomic E-state index is -5.08. The van der Waals surface area contributed by atoms with Crippen molar-refractivity contribution in [2.75, 3.05) is 37.7 Å². The van der Waals surface area contributed by atoms with Gasteiger partial charge in [-0.2, -0.15) is 13.2 Å². The van der Waals surface area contributed by atoms with Crippen molar-refractivity contribution in [1.29, 1.82) is 0 Å². The van der Waals surface area contributed by atoms with Crippen LogP contribution in [0.3, 0.4) is 0 Å². The van der Waals surface area contributed by atoms with Crippen LogP contribution in [0.1, 0.15) is 45.4 Å². The number of halogens is 4. The molecule has 3 fully saturated rings. The van der Waals surface area contributed by atoms with Crippen molar-refractivity contribution in [3.8, 4) is 0 Å². The van der Waals surface area contributed by atoms with E-state index in [2.05, 4.69) is 26.7 Å². The number of piperidine rings is 1. The predicted octanol–water partition coefficient (Wildman–Crippen LogP) is 3.50. The predicted molar refractivity (Wildman–Crippen MR) is 109 cm³/mol. The van der Waals surface area contributed by atoms with Crippen LogP contribution in [0.25, 0.3) is 0 Å². The average molecular weight is 462 g/mol. The maximum atomic E-state index is 13.1. The number of alkyl halides is 3. The fraction of sp³-hybridized carbons (Fsp3) is 0.762. The van der Waals surface area contributed by atoms with Crippen LogP contribution in [0.5, 0.6) is 0 Å². The molecule has 3 aliphatic rings. The Hall–Kier alpha value is -2.01. The van der Waals surface area contributed by atoms with Crippen molar-refractivity contribution in [1.82, 2.24) is 14.9 Å². The molecular formula is C21H30F4N4O3. The van der Waals surface area contributed by atoms with Gasteiger partial charge >= 0.3 is 12.1 Å². The molecule has 32 heavy (non-hydrogen) atoms. The van der Waals surface area contributed by atoms with E-state index in [4.69, 9.17) is 14.6 Å². The Morgan fingerprint density at radius 2 is 1.78 bits per heavy atom. The minimum Gasteiger partial charge on any atom is -0.475 e. The van der Waals surface area contributed by atoms with Crippen LogP contribution in [0.15, 0.2) is 12.4 Å². The first kappa shape index (κ1) is 24.6. The SMILES string of the molecule is CCOCC1CCC2(CCN(c3ncc(F)cn3)CC2)N1CC1CC1.O=C(O)C(F)(F)F. The molecule has 2 saturated heterocycles. The van der Waals surface area contributed by atoms with E-state index in [9.17, 15) is 17.6 Å². The number of anilines is 1. The Morgan fingerprint density at radius 1 is 1.19 bits per heavy atom. The van der Waals surface area contributed by atoms with E-state index in [0.717, 1.165) is 45.1 Å². The van der Waals surface area contributed by atoms with Gasteiger partial charge in [-0.05, 0) is 51.4 Å². The largest absolute Gasteiger partial charge is 0.490 e. The summed E-state index contributed by atoms with van der Waals surface area (Å²) >= 11 is 0. The minimum absolute atomic E-state index is 0.320. The highest BCUT2D eigenvalue weighted by atomic mass is 19.4. The van der Waals surface area contributed by atoms with Gasteiger partial charge in [0.1, 0.15) is 0 Å². The van der Waals surface area contributed by atoms with Crippen molar-refractivity contribution >= 4 is 11.9 Å². The third kappa shape index (κ3) is 6.28. The summed E-state index contributed by atoms with van der Waals surface area (Å²) in [4.78, 5) is 22.2. The highest BCUT2D eigenvalue weighted by Crippen LogP contribution is 2.45. The lowest BCUT2D eigenvalue weighted by Gasteiger charge is -2.46. The van der Waals surface area contributed by atoms with E-state index < -0.39 is 12.1 Å². The van der Waals surface area contributed by atoms with E-state index in [1.165, 1.54) is 44.6 Å². The van der Waals surface area contributed by atoms with Crippen LogP contribution < -0.4 is 4.90 Å². The Balaban J connectivity index is 0.000000360. The number of likely N-dealkylation sites (tertiary alicyclic amines) is 1. The summed E-state index contributed by atoms with van der Waals surface area (Å²) in [5.74, 6) is -1.57. The maximum absolute atomic E-state index is 13.1. The zero-order valence-electron chi connectivity index (χ0n) is 18.2. The van der Waals surface area contributed by atoms with Crippen LogP contribution in [-0.4, -0.2) is 76.5 Å². The molecule has 3 heterocycles. The Kier molecular flexibility index (Phi) is 7.92. The van der Waals surface area contributed by atoms with Crippen molar-refractivity contribution < 1.29 is 32.2 Å². The second-order valence-electron chi connectivity index (χ2n) is 8.66. The topological polar surface area (TPSA) is 78.8 Å². The summed E-state index contributed by atoms with van der Waals surface area (Å²) in [6, 6.07) is 0.578. The third-order valence-electron chi connectivity index (χ3n) is 6.49. The van der Waals surface area contributed by atoms with E-state index >= 15 is 0 Å². The number of ether oxygens (including phenoxy) is 1. The molecule has 1 N–H and O–H groups in total. The van der Waals surface area contributed by atoms with Gasteiger partial charge in [0.15, 0.2) is 5.82 Å². The number of carbonyl (C=O) groups is 1. The van der Waals surface area contributed by atoms with Gasteiger partial charge in [-0.15, -0.1) is 0 Å². The quantitative estimate of drug-likeness (QED) is 0.649. The molecule has 0 radical (unpaired) electrons. The van der Waals surface area contributed by atoms with Crippen molar-refractivity contribution in [3.63, 3.8) is 0 Å². The molecular weight excluding hydrogens is 432 g/mol. The molecule has 1 atom stereocenters. The summed E-state index contributed by atoms with van der Waals surface area (Å²) in [5, 5.41) is 7.12. The first-order chi connectivity index (χ1) is 15.1. The number of nitrogens with zero attached hydrogens (tertiary/aromatic N) is 4. The van der Waals surface area contributed by atoms with E-state index in [0.29, 0.717) is 17.5 Å². The molecule has 0 bridgehead atoms. The molecule has 1 aliphatic carbocycles. The van der Waals surface area contributed by atoms with Gasteiger partial charge in [-0.3, -0.25) is 4.90 Å². The van der Waals surface area contributed by atoms with Crippen LogP contribution in [0.2, 0.25) is 0 Å². The second kappa shape index (κ2) is 10.3.